The van der Waals surface area contributed by atoms with E-state index in [1.807, 2.05) is 0 Å². The Morgan fingerprint density at radius 1 is 0.485 bits per heavy atom. The quantitative estimate of drug-likeness (QED) is 0.284. The van der Waals surface area contributed by atoms with Crippen molar-refractivity contribution in [3.8, 4) is 22.3 Å². The molecule has 0 radical (unpaired) electrons. The molecule has 33 heavy (non-hydrogen) atoms. The fourth-order valence-corrected chi connectivity index (χ4v) is 4.80. The second-order valence-electron chi connectivity index (χ2n) is 10.3. The molecule has 0 N–H and O–H groups in total. The van der Waals surface area contributed by atoms with Gasteiger partial charge in [0.2, 0.25) is 0 Å². The highest BCUT2D eigenvalue weighted by Crippen LogP contribution is 2.40. The maximum Gasteiger partial charge on any atom is 0.0147 e. The van der Waals surface area contributed by atoms with E-state index in [1.54, 1.807) is 0 Å². The van der Waals surface area contributed by atoms with Gasteiger partial charge in [0.05, 0.1) is 0 Å². The summed E-state index contributed by atoms with van der Waals surface area (Å²) in [5, 5.41) is 0. The molecule has 0 amide bonds. The average molecular weight is 433 g/mol. The van der Waals surface area contributed by atoms with Crippen LogP contribution in [0, 0.1) is 0 Å². The number of hydrogen-bond acceptors (Lipinski definition) is 0. The standard InChI is InChI=1S/C33H36/c1-23(2)29-19-17-27(21-31(29)25-13-9-7-10-14-25)33(5,6)28-18-20-30(24(3)4)32(22-28)26-15-11-8-12-16-26/h7-24H,1-6H3. The third-order valence-electron chi connectivity index (χ3n) is 6.96. The third-order valence-corrected chi connectivity index (χ3v) is 6.96. The average Bonchev–Trinajstić information content (AvgIpc) is 2.84. The second-order valence-corrected chi connectivity index (χ2v) is 10.3. The second kappa shape index (κ2) is 9.40. The number of hydrogen-bond donors (Lipinski definition) is 0. The summed E-state index contributed by atoms with van der Waals surface area (Å²) in [5.41, 5.74) is 10.7. The van der Waals surface area contributed by atoms with Gasteiger partial charge in [-0.15, -0.1) is 0 Å². The largest absolute Gasteiger partial charge is 0.0622 e. The summed E-state index contributed by atoms with van der Waals surface area (Å²) >= 11 is 0. The zero-order valence-corrected chi connectivity index (χ0v) is 20.9. The number of benzene rings is 4. The van der Waals surface area contributed by atoms with Gasteiger partial charge in [-0.25, -0.2) is 0 Å². The predicted octanol–water partition coefficient (Wildman–Crippen LogP) is 9.59. The molecule has 0 fully saturated rings. The van der Waals surface area contributed by atoms with Crippen molar-refractivity contribution in [1.29, 1.82) is 0 Å². The molecule has 0 nitrogen and oxygen atoms in total. The molecule has 0 bridgehead atoms. The lowest BCUT2D eigenvalue weighted by Gasteiger charge is -2.29. The van der Waals surface area contributed by atoms with Gasteiger partial charge in [0.15, 0.2) is 0 Å². The third kappa shape index (κ3) is 4.67. The minimum atomic E-state index is -0.113. The van der Waals surface area contributed by atoms with E-state index in [1.165, 1.54) is 44.5 Å². The fourth-order valence-electron chi connectivity index (χ4n) is 4.80. The monoisotopic (exact) mass is 432 g/mol. The molecular formula is C33H36. The summed E-state index contributed by atoms with van der Waals surface area (Å²) in [6, 6.07) is 35.8. The van der Waals surface area contributed by atoms with Crippen LogP contribution in [0.25, 0.3) is 22.3 Å². The summed E-state index contributed by atoms with van der Waals surface area (Å²) in [5.74, 6) is 0.958. The van der Waals surface area contributed by atoms with Crippen LogP contribution in [0.2, 0.25) is 0 Å². The Morgan fingerprint density at radius 3 is 1.18 bits per heavy atom. The molecule has 0 aromatic heterocycles. The highest BCUT2D eigenvalue weighted by Gasteiger charge is 2.26. The molecule has 0 saturated heterocycles. The topological polar surface area (TPSA) is 0 Å². The first-order valence-corrected chi connectivity index (χ1v) is 12.2. The molecule has 0 heterocycles. The number of rotatable bonds is 6. The Labute approximate surface area is 200 Å². The molecule has 4 rings (SSSR count). The van der Waals surface area contributed by atoms with E-state index in [2.05, 4.69) is 139 Å². The van der Waals surface area contributed by atoms with E-state index >= 15 is 0 Å². The first-order valence-electron chi connectivity index (χ1n) is 12.2. The molecule has 0 heteroatoms. The minimum Gasteiger partial charge on any atom is -0.0622 e. The van der Waals surface area contributed by atoms with Crippen LogP contribution in [-0.4, -0.2) is 0 Å². The van der Waals surface area contributed by atoms with Crippen LogP contribution in [-0.2, 0) is 5.41 Å². The van der Waals surface area contributed by atoms with E-state index in [0.29, 0.717) is 11.8 Å². The van der Waals surface area contributed by atoms with E-state index in [9.17, 15) is 0 Å². The first kappa shape index (κ1) is 23.1. The van der Waals surface area contributed by atoms with Gasteiger partial charge in [-0.2, -0.15) is 0 Å². The SMILES string of the molecule is CC(C)c1ccc(C(C)(C)c2ccc(C(C)C)c(-c3ccccc3)c2)cc1-c1ccccc1. The Kier molecular flexibility index (Phi) is 6.56. The van der Waals surface area contributed by atoms with Gasteiger partial charge in [0, 0.05) is 5.41 Å². The molecular weight excluding hydrogens is 396 g/mol. The zero-order chi connectivity index (χ0) is 23.6. The van der Waals surface area contributed by atoms with Crippen LogP contribution < -0.4 is 0 Å². The summed E-state index contributed by atoms with van der Waals surface area (Å²) in [7, 11) is 0. The Morgan fingerprint density at radius 2 is 0.848 bits per heavy atom. The van der Waals surface area contributed by atoms with Gasteiger partial charge in [0.25, 0.3) is 0 Å². The van der Waals surface area contributed by atoms with E-state index < -0.39 is 0 Å². The molecule has 4 aromatic rings. The Bertz CT molecular complexity index is 1110. The first-order chi connectivity index (χ1) is 15.8. The van der Waals surface area contributed by atoms with Crippen molar-refractivity contribution in [2.75, 3.05) is 0 Å². The lowest BCUT2D eigenvalue weighted by Crippen LogP contribution is -2.19. The van der Waals surface area contributed by atoms with Crippen molar-refractivity contribution < 1.29 is 0 Å². The van der Waals surface area contributed by atoms with Gasteiger partial charge >= 0.3 is 0 Å². The molecule has 0 saturated carbocycles. The van der Waals surface area contributed by atoms with Crippen LogP contribution in [0.3, 0.4) is 0 Å². The normalized spacial score (nSPS) is 11.9. The van der Waals surface area contributed by atoms with Crippen LogP contribution >= 0.6 is 0 Å². The van der Waals surface area contributed by atoms with Crippen molar-refractivity contribution in [3.05, 3.63) is 119 Å². The molecule has 168 valence electrons. The van der Waals surface area contributed by atoms with Crippen LogP contribution in [0.1, 0.15) is 75.6 Å². The minimum absolute atomic E-state index is 0.113. The molecule has 0 aliphatic rings. The Hall–Kier alpha value is -3.12. The lowest BCUT2D eigenvalue weighted by molar-refractivity contribution is 0.639. The zero-order valence-electron chi connectivity index (χ0n) is 20.9. The van der Waals surface area contributed by atoms with Crippen LogP contribution in [0.4, 0.5) is 0 Å². The van der Waals surface area contributed by atoms with Crippen molar-refractivity contribution in [3.63, 3.8) is 0 Å². The summed E-state index contributed by atoms with van der Waals surface area (Å²) in [6.07, 6.45) is 0. The van der Waals surface area contributed by atoms with E-state index in [0.717, 1.165) is 0 Å². The molecule has 4 aromatic carbocycles. The fraction of sp³-hybridized carbons (Fsp3) is 0.273. The maximum atomic E-state index is 2.42. The van der Waals surface area contributed by atoms with Gasteiger partial charge < -0.3 is 0 Å². The van der Waals surface area contributed by atoms with E-state index in [4.69, 9.17) is 0 Å². The molecule has 0 unspecified atom stereocenters. The Balaban J connectivity index is 1.85. The van der Waals surface area contributed by atoms with Crippen molar-refractivity contribution in [1.82, 2.24) is 0 Å². The molecule has 0 atom stereocenters. The van der Waals surface area contributed by atoms with Gasteiger partial charge in [0.1, 0.15) is 0 Å². The highest BCUT2D eigenvalue weighted by atomic mass is 14.3. The predicted molar refractivity (Wildman–Crippen MR) is 144 cm³/mol. The van der Waals surface area contributed by atoms with Gasteiger partial charge in [-0.05, 0) is 68.5 Å². The summed E-state index contributed by atoms with van der Waals surface area (Å²) in [6.45, 7) is 13.8. The van der Waals surface area contributed by atoms with Gasteiger partial charge in [-0.1, -0.05) is 126 Å². The van der Waals surface area contributed by atoms with Crippen LogP contribution in [0.15, 0.2) is 97.1 Å². The molecule has 0 aliphatic heterocycles. The smallest absolute Gasteiger partial charge is 0.0147 e. The van der Waals surface area contributed by atoms with Crippen molar-refractivity contribution in [2.45, 2.75) is 58.8 Å². The van der Waals surface area contributed by atoms with Crippen molar-refractivity contribution in [2.24, 2.45) is 0 Å². The van der Waals surface area contributed by atoms with Crippen molar-refractivity contribution >= 4 is 0 Å². The maximum absolute atomic E-state index is 2.42. The van der Waals surface area contributed by atoms with Crippen LogP contribution in [0.5, 0.6) is 0 Å². The van der Waals surface area contributed by atoms with E-state index in [-0.39, 0.29) is 5.41 Å². The summed E-state index contributed by atoms with van der Waals surface area (Å²) in [4.78, 5) is 0. The van der Waals surface area contributed by atoms with Gasteiger partial charge in [-0.3, -0.25) is 0 Å². The molecule has 0 spiro atoms. The lowest BCUT2D eigenvalue weighted by atomic mass is 9.74. The molecule has 0 aliphatic carbocycles. The highest BCUT2D eigenvalue weighted by molar-refractivity contribution is 5.71. The summed E-state index contributed by atoms with van der Waals surface area (Å²) < 4.78 is 0.